The lowest BCUT2D eigenvalue weighted by molar-refractivity contribution is 0.481. The van der Waals surface area contributed by atoms with Crippen LogP contribution in [0.4, 0.5) is 0 Å². The minimum Gasteiger partial charge on any atom is -0.310 e. The molecule has 2 heteroatoms. The molecule has 0 aromatic heterocycles. The fourth-order valence-corrected chi connectivity index (χ4v) is 2.82. The maximum atomic E-state index is 3.65. The van der Waals surface area contributed by atoms with E-state index in [1.807, 2.05) is 0 Å². The van der Waals surface area contributed by atoms with Crippen molar-refractivity contribution in [2.75, 3.05) is 6.54 Å². The first kappa shape index (κ1) is 16.7. The lowest BCUT2D eigenvalue weighted by atomic mass is 9.96. The highest BCUT2D eigenvalue weighted by Crippen LogP contribution is 2.28. The van der Waals surface area contributed by atoms with Crippen molar-refractivity contribution in [2.45, 2.75) is 65.8 Å². The Bertz CT molecular complexity index is 364. The summed E-state index contributed by atoms with van der Waals surface area (Å²) in [6.07, 6.45) is 6.58. The third-order valence-electron chi connectivity index (χ3n) is 3.66. The number of aryl methyl sites for hydroxylation is 2. The van der Waals surface area contributed by atoms with E-state index in [9.17, 15) is 0 Å². The van der Waals surface area contributed by atoms with Crippen LogP contribution >= 0.6 is 15.9 Å². The van der Waals surface area contributed by atoms with E-state index in [4.69, 9.17) is 0 Å². The average molecular weight is 326 g/mol. The van der Waals surface area contributed by atoms with Crippen LogP contribution in [0.2, 0.25) is 0 Å². The SMILES string of the molecule is CCCCCCC(NCC)c1cc(C)c(Br)c(C)c1. The van der Waals surface area contributed by atoms with Crippen molar-refractivity contribution in [3.63, 3.8) is 0 Å². The zero-order valence-electron chi connectivity index (χ0n) is 12.9. The molecule has 108 valence electrons. The zero-order chi connectivity index (χ0) is 14.3. The number of rotatable bonds is 8. The van der Waals surface area contributed by atoms with E-state index in [0.29, 0.717) is 6.04 Å². The fourth-order valence-electron chi connectivity index (χ4n) is 2.59. The monoisotopic (exact) mass is 325 g/mol. The van der Waals surface area contributed by atoms with Crippen LogP contribution in [-0.4, -0.2) is 6.54 Å². The molecule has 0 aliphatic heterocycles. The van der Waals surface area contributed by atoms with E-state index in [1.54, 1.807) is 0 Å². The molecule has 0 radical (unpaired) electrons. The number of hydrogen-bond acceptors (Lipinski definition) is 1. The normalized spacial score (nSPS) is 12.7. The van der Waals surface area contributed by atoms with Crippen LogP contribution in [0.3, 0.4) is 0 Å². The number of hydrogen-bond donors (Lipinski definition) is 1. The van der Waals surface area contributed by atoms with Gasteiger partial charge in [0.1, 0.15) is 0 Å². The Labute approximate surface area is 127 Å². The third-order valence-corrected chi connectivity index (χ3v) is 4.91. The first-order chi connectivity index (χ1) is 9.10. The van der Waals surface area contributed by atoms with Crippen molar-refractivity contribution in [3.05, 3.63) is 33.3 Å². The second-order valence-electron chi connectivity index (χ2n) is 5.43. The highest BCUT2D eigenvalue weighted by Gasteiger charge is 2.12. The lowest BCUT2D eigenvalue weighted by Gasteiger charge is -2.20. The van der Waals surface area contributed by atoms with Crippen LogP contribution in [0.5, 0.6) is 0 Å². The summed E-state index contributed by atoms with van der Waals surface area (Å²) in [4.78, 5) is 0. The molecule has 0 fully saturated rings. The van der Waals surface area contributed by atoms with Gasteiger partial charge in [-0.2, -0.15) is 0 Å². The van der Waals surface area contributed by atoms with Gasteiger partial charge < -0.3 is 5.32 Å². The molecule has 1 aromatic rings. The molecule has 1 rings (SSSR count). The van der Waals surface area contributed by atoms with Gasteiger partial charge >= 0.3 is 0 Å². The standard InChI is InChI=1S/C17H28BrN/c1-5-7-8-9-10-16(19-6-2)15-11-13(3)17(18)14(4)12-15/h11-12,16,19H,5-10H2,1-4H3. The summed E-state index contributed by atoms with van der Waals surface area (Å²) in [6.45, 7) is 9.86. The van der Waals surface area contributed by atoms with Crippen molar-refractivity contribution < 1.29 is 0 Å². The Morgan fingerprint density at radius 3 is 2.21 bits per heavy atom. The highest BCUT2D eigenvalue weighted by molar-refractivity contribution is 9.10. The van der Waals surface area contributed by atoms with Crippen molar-refractivity contribution in [1.29, 1.82) is 0 Å². The van der Waals surface area contributed by atoms with E-state index in [1.165, 1.54) is 53.3 Å². The van der Waals surface area contributed by atoms with E-state index in [0.717, 1.165) is 6.54 Å². The molecule has 1 aromatic carbocycles. The molecule has 1 N–H and O–H groups in total. The molecule has 0 aliphatic rings. The molecule has 0 spiro atoms. The van der Waals surface area contributed by atoms with Crippen LogP contribution in [0.15, 0.2) is 16.6 Å². The Morgan fingerprint density at radius 1 is 1.05 bits per heavy atom. The predicted octanol–water partition coefficient (Wildman–Crippen LogP) is 5.69. The molecule has 0 amide bonds. The molecular formula is C17H28BrN. The van der Waals surface area contributed by atoms with E-state index < -0.39 is 0 Å². The number of benzene rings is 1. The van der Waals surface area contributed by atoms with Crippen LogP contribution in [0, 0.1) is 13.8 Å². The van der Waals surface area contributed by atoms with Gasteiger partial charge in [-0.25, -0.2) is 0 Å². The van der Waals surface area contributed by atoms with Gasteiger partial charge in [-0.1, -0.05) is 67.6 Å². The minimum absolute atomic E-state index is 0.507. The van der Waals surface area contributed by atoms with Gasteiger partial charge in [0.05, 0.1) is 0 Å². The lowest BCUT2D eigenvalue weighted by Crippen LogP contribution is -2.21. The number of unbranched alkanes of at least 4 members (excludes halogenated alkanes) is 3. The molecule has 0 saturated carbocycles. The van der Waals surface area contributed by atoms with Crippen LogP contribution in [0.25, 0.3) is 0 Å². The highest BCUT2D eigenvalue weighted by atomic mass is 79.9. The van der Waals surface area contributed by atoms with Gasteiger partial charge in [0, 0.05) is 10.5 Å². The number of halogens is 1. The van der Waals surface area contributed by atoms with Gasteiger partial charge in [-0.15, -0.1) is 0 Å². The molecular weight excluding hydrogens is 298 g/mol. The predicted molar refractivity (Wildman–Crippen MR) is 88.8 cm³/mol. The molecule has 1 atom stereocenters. The summed E-state index contributed by atoms with van der Waals surface area (Å²) >= 11 is 3.65. The molecule has 0 heterocycles. The largest absolute Gasteiger partial charge is 0.310 e. The van der Waals surface area contributed by atoms with Gasteiger partial charge in [0.25, 0.3) is 0 Å². The third kappa shape index (κ3) is 5.27. The maximum absolute atomic E-state index is 3.65. The molecule has 0 saturated heterocycles. The quantitative estimate of drug-likeness (QED) is 0.605. The van der Waals surface area contributed by atoms with Crippen LogP contribution in [0.1, 0.15) is 68.7 Å². The van der Waals surface area contributed by atoms with Crippen LogP contribution < -0.4 is 5.32 Å². The molecule has 0 aliphatic carbocycles. The topological polar surface area (TPSA) is 12.0 Å². The van der Waals surface area contributed by atoms with Crippen molar-refractivity contribution in [3.8, 4) is 0 Å². The van der Waals surface area contributed by atoms with Crippen molar-refractivity contribution >= 4 is 15.9 Å². The van der Waals surface area contributed by atoms with E-state index in [-0.39, 0.29) is 0 Å². The summed E-state index contributed by atoms with van der Waals surface area (Å²) in [5, 5.41) is 3.63. The van der Waals surface area contributed by atoms with Crippen molar-refractivity contribution in [2.24, 2.45) is 0 Å². The first-order valence-corrected chi connectivity index (χ1v) is 8.39. The number of nitrogens with one attached hydrogen (secondary N) is 1. The zero-order valence-corrected chi connectivity index (χ0v) is 14.4. The van der Waals surface area contributed by atoms with Gasteiger partial charge in [0.2, 0.25) is 0 Å². The average Bonchev–Trinajstić information content (AvgIpc) is 2.39. The van der Waals surface area contributed by atoms with Gasteiger partial charge in [-0.05, 0) is 43.5 Å². The summed E-state index contributed by atoms with van der Waals surface area (Å²) < 4.78 is 1.25. The Hall–Kier alpha value is -0.340. The summed E-state index contributed by atoms with van der Waals surface area (Å²) in [5.74, 6) is 0. The van der Waals surface area contributed by atoms with Gasteiger partial charge in [-0.3, -0.25) is 0 Å². The second kappa shape index (κ2) is 8.76. The second-order valence-corrected chi connectivity index (χ2v) is 6.22. The Kier molecular flexibility index (Phi) is 7.70. The minimum atomic E-state index is 0.507. The fraction of sp³-hybridized carbons (Fsp3) is 0.647. The van der Waals surface area contributed by atoms with Crippen molar-refractivity contribution in [1.82, 2.24) is 5.32 Å². The van der Waals surface area contributed by atoms with E-state index in [2.05, 4.69) is 61.1 Å². The summed E-state index contributed by atoms with van der Waals surface area (Å²) in [7, 11) is 0. The molecule has 1 unspecified atom stereocenters. The summed E-state index contributed by atoms with van der Waals surface area (Å²) in [5.41, 5.74) is 4.12. The smallest absolute Gasteiger partial charge is 0.0320 e. The van der Waals surface area contributed by atoms with E-state index >= 15 is 0 Å². The Balaban J connectivity index is 2.74. The van der Waals surface area contributed by atoms with Gasteiger partial charge in [0.15, 0.2) is 0 Å². The first-order valence-electron chi connectivity index (χ1n) is 7.60. The summed E-state index contributed by atoms with van der Waals surface area (Å²) in [6, 6.07) is 5.15. The molecule has 19 heavy (non-hydrogen) atoms. The van der Waals surface area contributed by atoms with Crippen LogP contribution in [-0.2, 0) is 0 Å². The Morgan fingerprint density at radius 2 is 1.68 bits per heavy atom. The molecule has 0 bridgehead atoms. The maximum Gasteiger partial charge on any atom is 0.0320 e. The molecule has 1 nitrogen and oxygen atoms in total.